The highest BCUT2D eigenvalue weighted by molar-refractivity contribution is 8.00. The number of rotatable bonds is 3. The van der Waals surface area contributed by atoms with Crippen molar-refractivity contribution < 1.29 is 0 Å². The maximum atomic E-state index is 5.76. The van der Waals surface area contributed by atoms with Gasteiger partial charge in [0, 0.05) is 10.6 Å². The van der Waals surface area contributed by atoms with E-state index in [4.69, 9.17) is 10.9 Å². The van der Waals surface area contributed by atoms with Crippen LogP contribution in [0.3, 0.4) is 0 Å². The first-order valence-electron chi connectivity index (χ1n) is 3.48. The van der Waals surface area contributed by atoms with Crippen molar-refractivity contribution in [3.8, 4) is 0 Å². The van der Waals surface area contributed by atoms with Crippen molar-refractivity contribution in [3.05, 3.63) is 10.6 Å². The lowest BCUT2D eigenvalue weighted by Gasteiger charge is -2.09. The van der Waals surface area contributed by atoms with Crippen LogP contribution in [0.2, 0.25) is 0 Å². The van der Waals surface area contributed by atoms with Crippen molar-refractivity contribution >= 4 is 11.9 Å². The molecule has 0 radical (unpaired) electrons. The van der Waals surface area contributed by atoms with Crippen LogP contribution >= 0.6 is 11.9 Å². The Bertz CT molecular complexity index is 124. The topological polar surface area (TPSA) is 52.0 Å². The zero-order valence-corrected chi connectivity index (χ0v) is 7.66. The molecule has 0 saturated carbocycles. The number of allylic oxidation sites excluding steroid dienone is 2. The summed E-state index contributed by atoms with van der Waals surface area (Å²) in [4.78, 5) is 1.11. The Hall–Kier alpha value is -0.150. The van der Waals surface area contributed by atoms with E-state index in [-0.39, 0.29) is 0 Å². The van der Waals surface area contributed by atoms with E-state index in [1.807, 2.05) is 0 Å². The summed E-state index contributed by atoms with van der Waals surface area (Å²) >= 11 is 1.26. The molecule has 0 aliphatic rings. The van der Waals surface area contributed by atoms with Gasteiger partial charge in [0.25, 0.3) is 0 Å². The molecule has 60 valence electrons. The highest BCUT2D eigenvalue weighted by Gasteiger charge is 2.03. The summed E-state index contributed by atoms with van der Waals surface area (Å²) in [6.07, 6.45) is 0.936. The molecule has 4 N–H and O–H groups in total. The summed E-state index contributed by atoms with van der Waals surface area (Å²) in [5, 5.41) is 5.40. The standard InChI is InChI=1S/C7H16N2S/c1-4-6(10-9)7(8)5(2)3/h5H,4,8-9H2,1-3H3/b7-6-. The first-order valence-corrected chi connectivity index (χ1v) is 4.36. The highest BCUT2D eigenvalue weighted by Crippen LogP contribution is 2.19. The maximum absolute atomic E-state index is 5.76. The molecule has 0 aromatic carbocycles. The second-order valence-corrected chi connectivity index (χ2v) is 3.23. The Morgan fingerprint density at radius 2 is 2.00 bits per heavy atom. The lowest BCUT2D eigenvalue weighted by atomic mass is 10.1. The molecule has 0 amide bonds. The molecule has 0 aliphatic carbocycles. The van der Waals surface area contributed by atoms with Gasteiger partial charge >= 0.3 is 0 Å². The Balaban J connectivity index is 4.27. The summed E-state index contributed by atoms with van der Waals surface area (Å²) < 4.78 is 0. The van der Waals surface area contributed by atoms with E-state index < -0.39 is 0 Å². The first-order chi connectivity index (χ1) is 4.63. The number of hydrogen-bond donors (Lipinski definition) is 2. The van der Waals surface area contributed by atoms with Crippen LogP contribution in [0.25, 0.3) is 0 Å². The fourth-order valence-electron chi connectivity index (χ4n) is 0.677. The predicted octanol–water partition coefficient (Wildman–Crippen LogP) is 1.83. The Morgan fingerprint density at radius 1 is 1.50 bits per heavy atom. The Labute approximate surface area is 67.2 Å². The predicted molar refractivity (Wildman–Crippen MR) is 48.1 cm³/mol. The van der Waals surface area contributed by atoms with Gasteiger partial charge in [-0.25, -0.2) is 0 Å². The van der Waals surface area contributed by atoms with Crippen LogP contribution in [-0.2, 0) is 0 Å². The molecule has 0 spiro atoms. The van der Waals surface area contributed by atoms with Crippen molar-refractivity contribution in [2.75, 3.05) is 0 Å². The molecule has 0 fully saturated rings. The normalized spacial score (nSPS) is 13.7. The minimum absolute atomic E-state index is 0.408. The quantitative estimate of drug-likeness (QED) is 0.619. The second-order valence-electron chi connectivity index (χ2n) is 2.50. The second kappa shape index (κ2) is 4.63. The summed E-state index contributed by atoms with van der Waals surface area (Å²) in [5.74, 6) is 0.408. The summed E-state index contributed by atoms with van der Waals surface area (Å²) in [7, 11) is 0. The van der Waals surface area contributed by atoms with E-state index in [2.05, 4.69) is 20.8 Å². The minimum Gasteiger partial charge on any atom is -0.401 e. The van der Waals surface area contributed by atoms with Crippen LogP contribution in [0.15, 0.2) is 10.6 Å². The minimum atomic E-state index is 0.408. The van der Waals surface area contributed by atoms with Gasteiger partial charge < -0.3 is 5.73 Å². The summed E-state index contributed by atoms with van der Waals surface area (Å²) in [6.45, 7) is 6.20. The smallest absolute Gasteiger partial charge is 0.0216 e. The molecule has 0 saturated heterocycles. The number of nitrogens with two attached hydrogens (primary N) is 2. The molecule has 0 atom stereocenters. The van der Waals surface area contributed by atoms with Gasteiger partial charge in [0.2, 0.25) is 0 Å². The summed E-state index contributed by atoms with van der Waals surface area (Å²) in [6, 6.07) is 0. The van der Waals surface area contributed by atoms with E-state index >= 15 is 0 Å². The van der Waals surface area contributed by atoms with Gasteiger partial charge in [-0.1, -0.05) is 32.7 Å². The van der Waals surface area contributed by atoms with Gasteiger partial charge in [0.05, 0.1) is 0 Å². The van der Waals surface area contributed by atoms with E-state index in [1.165, 1.54) is 11.9 Å². The molecule has 3 heteroatoms. The van der Waals surface area contributed by atoms with E-state index in [0.29, 0.717) is 5.92 Å². The third kappa shape index (κ3) is 2.62. The van der Waals surface area contributed by atoms with Gasteiger partial charge in [-0.05, 0) is 12.3 Å². The average molecular weight is 160 g/mol. The third-order valence-corrected chi connectivity index (χ3v) is 2.22. The van der Waals surface area contributed by atoms with Crippen LogP contribution in [-0.4, -0.2) is 0 Å². The van der Waals surface area contributed by atoms with Gasteiger partial charge in [-0.15, -0.1) is 0 Å². The van der Waals surface area contributed by atoms with Crippen molar-refractivity contribution in [2.45, 2.75) is 27.2 Å². The molecule has 0 aliphatic heterocycles. The molecular formula is C7H16N2S. The van der Waals surface area contributed by atoms with Gasteiger partial charge in [-0.2, -0.15) is 0 Å². The molecule has 0 rings (SSSR count). The number of hydrogen-bond acceptors (Lipinski definition) is 3. The van der Waals surface area contributed by atoms with E-state index in [0.717, 1.165) is 17.0 Å². The summed E-state index contributed by atoms with van der Waals surface area (Å²) in [5.41, 5.74) is 6.69. The van der Waals surface area contributed by atoms with Gasteiger partial charge in [0.15, 0.2) is 0 Å². The molecule has 0 unspecified atom stereocenters. The van der Waals surface area contributed by atoms with Crippen LogP contribution in [0.4, 0.5) is 0 Å². The van der Waals surface area contributed by atoms with Crippen molar-refractivity contribution in [2.24, 2.45) is 16.8 Å². The molecule has 0 aromatic rings. The maximum Gasteiger partial charge on any atom is 0.0216 e. The molecule has 0 bridgehead atoms. The van der Waals surface area contributed by atoms with Crippen LogP contribution in [0.5, 0.6) is 0 Å². The Morgan fingerprint density at radius 3 is 2.10 bits per heavy atom. The zero-order chi connectivity index (χ0) is 8.15. The van der Waals surface area contributed by atoms with Crippen molar-refractivity contribution in [3.63, 3.8) is 0 Å². The highest BCUT2D eigenvalue weighted by atomic mass is 32.2. The fourth-order valence-corrected chi connectivity index (χ4v) is 1.22. The molecule has 0 aromatic heterocycles. The Kier molecular flexibility index (Phi) is 4.56. The monoisotopic (exact) mass is 160 g/mol. The largest absolute Gasteiger partial charge is 0.401 e. The molecule has 2 nitrogen and oxygen atoms in total. The van der Waals surface area contributed by atoms with Crippen LogP contribution < -0.4 is 10.9 Å². The van der Waals surface area contributed by atoms with Crippen LogP contribution in [0, 0.1) is 5.92 Å². The van der Waals surface area contributed by atoms with Gasteiger partial charge in [0.1, 0.15) is 0 Å². The van der Waals surface area contributed by atoms with E-state index in [1.54, 1.807) is 0 Å². The third-order valence-electron chi connectivity index (χ3n) is 1.41. The average Bonchev–Trinajstić information content (AvgIpc) is 1.90. The lowest BCUT2D eigenvalue weighted by molar-refractivity contribution is 0.747. The fraction of sp³-hybridized carbons (Fsp3) is 0.714. The SMILES string of the molecule is CC/C(SN)=C(/N)C(C)C. The van der Waals surface area contributed by atoms with Crippen LogP contribution in [0.1, 0.15) is 27.2 Å². The molecule has 10 heavy (non-hydrogen) atoms. The first kappa shape index (κ1) is 9.85. The van der Waals surface area contributed by atoms with Gasteiger partial charge in [-0.3, -0.25) is 5.14 Å². The van der Waals surface area contributed by atoms with Crippen molar-refractivity contribution in [1.82, 2.24) is 0 Å². The van der Waals surface area contributed by atoms with Crippen molar-refractivity contribution in [1.29, 1.82) is 0 Å². The molecular weight excluding hydrogens is 144 g/mol. The molecule has 0 heterocycles. The lowest BCUT2D eigenvalue weighted by Crippen LogP contribution is -2.08. The van der Waals surface area contributed by atoms with E-state index in [9.17, 15) is 0 Å². The zero-order valence-electron chi connectivity index (χ0n) is 6.85.